The van der Waals surface area contributed by atoms with Gasteiger partial charge in [-0.3, -0.25) is 9.69 Å². The Labute approximate surface area is 125 Å². The third-order valence-electron chi connectivity index (χ3n) is 4.92. The van der Waals surface area contributed by atoms with Gasteiger partial charge < -0.3 is 4.90 Å². The number of likely N-dealkylation sites (tertiary alicyclic amines) is 2. The number of likely N-dealkylation sites (N-methyl/N-ethyl adjacent to an activating group) is 1. The summed E-state index contributed by atoms with van der Waals surface area (Å²) in [5, 5.41) is 0. The van der Waals surface area contributed by atoms with Crippen LogP contribution in [0.15, 0.2) is 24.3 Å². The molecule has 2 heterocycles. The van der Waals surface area contributed by atoms with E-state index in [1.165, 1.54) is 25.0 Å². The van der Waals surface area contributed by atoms with Crippen LogP contribution in [0.2, 0.25) is 0 Å². The Morgan fingerprint density at radius 1 is 1.14 bits per heavy atom. The van der Waals surface area contributed by atoms with Crippen molar-refractivity contribution in [1.82, 2.24) is 9.80 Å². The number of carbonyl (C=O) groups is 1. The van der Waals surface area contributed by atoms with E-state index in [2.05, 4.69) is 11.8 Å². The van der Waals surface area contributed by atoms with E-state index in [-0.39, 0.29) is 11.7 Å². The number of carbonyl (C=O) groups excluding carboxylic acids is 1. The molecule has 3 nitrogen and oxygen atoms in total. The topological polar surface area (TPSA) is 23.6 Å². The standard InChI is InChI=1S/C17H23FN2O/c1-2-19-11-3-5-15(19)16-6-4-12-20(16)17(21)13-7-9-14(18)10-8-13/h7-10,15-16H,2-6,11-12H2,1H3. The zero-order valence-electron chi connectivity index (χ0n) is 12.6. The SMILES string of the molecule is CCN1CCCC1C1CCCN1C(=O)c1ccc(F)cc1. The molecule has 21 heavy (non-hydrogen) atoms. The first-order valence-electron chi connectivity index (χ1n) is 8.01. The monoisotopic (exact) mass is 290 g/mol. The lowest BCUT2D eigenvalue weighted by Crippen LogP contribution is -2.48. The fourth-order valence-corrected chi connectivity index (χ4v) is 3.88. The summed E-state index contributed by atoms with van der Waals surface area (Å²) in [5.41, 5.74) is 0.601. The van der Waals surface area contributed by atoms with Crippen LogP contribution in [0.4, 0.5) is 4.39 Å². The third-order valence-corrected chi connectivity index (χ3v) is 4.92. The highest BCUT2D eigenvalue weighted by atomic mass is 19.1. The fourth-order valence-electron chi connectivity index (χ4n) is 3.88. The molecule has 0 bridgehead atoms. The largest absolute Gasteiger partial charge is 0.334 e. The van der Waals surface area contributed by atoms with Crippen LogP contribution < -0.4 is 0 Å². The highest BCUT2D eigenvalue weighted by Gasteiger charge is 2.39. The number of rotatable bonds is 3. The minimum Gasteiger partial charge on any atom is -0.334 e. The summed E-state index contributed by atoms with van der Waals surface area (Å²) in [6.07, 6.45) is 4.58. The van der Waals surface area contributed by atoms with E-state index >= 15 is 0 Å². The Bertz CT molecular complexity index is 502. The van der Waals surface area contributed by atoms with Crippen LogP contribution in [-0.2, 0) is 0 Å². The molecule has 0 N–H and O–H groups in total. The van der Waals surface area contributed by atoms with Crippen molar-refractivity contribution in [1.29, 1.82) is 0 Å². The van der Waals surface area contributed by atoms with E-state index < -0.39 is 0 Å². The van der Waals surface area contributed by atoms with Crippen LogP contribution in [0.5, 0.6) is 0 Å². The van der Waals surface area contributed by atoms with Crippen LogP contribution in [0.1, 0.15) is 43.0 Å². The van der Waals surface area contributed by atoms with Crippen molar-refractivity contribution >= 4 is 5.91 Å². The van der Waals surface area contributed by atoms with Gasteiger partial charge in [0, 0.05) is 24.2 Å². The first kappa shape index (κ1) is 14.5. The van der Waals surface area contributed by atoms with Gasteiger partial charge in [-0.2, -0.15) is 0 Å². The Kier molecular flexibility index (Phi) is 4.24. The van der Waals surface area contributed by atoms with Gasteiger partial charge in [0.25, 0.3) is 5.91 Å². The fraction of sp³-hybridized carbons (Fsp3) is 0.588. The molecule has 0 aliphatic carbocycles. The summed E-state index contributed by atoms with van der Waals surface area (Å²) in [7, 11) is 0. The summed E-state index contributed by atoms with van der Waals surface area (Å²) < 4.78 is 13.0. The van der Waals surface area contributed by atoms with Crippen molar-refractivity contribution in [2.45, 2.75) is 44.7 Å². The first-order chi connectivity index (χ1) is 10.2. The quantitative estimate of drug-likeness (QED) is 0.854. The Hall–Kier alpha value is -1.42. The normalized spacial score (nSPS) is 26.5. The summed E-state index contributed by atoms with van der Waals surface area (Å²) >= 11 is 0. The molecule has 2 atom stereocenters. The summed E-state index contributed by atoms with van der Waals surface area (Å²) in [5.74, 6) is -0.238. The number of benzene rings is 1. The summed E-state index contributed by atoms with van der Waals surface area (Å²) in [6, 6.07) is 6.75. The van der Waals surface area contributed by atoms with Gasteiger partial charge in [0.2, 0.25) is 0 Å². The summed E-state index contributed by atoms with van der Waals surface area (Å²) in [6.45, 7) is 5.23. The van der Waals surface area contributed by atoms with E-state index in [1.807, 2.05) is 4.90 Å². The predicted octanol–water partition coefficient (Wildman–Crippen LogP) is 2.91. The molecule has 2 unspecified atom stereocenters. The molecule has 2 fully saturated rings. The third kappa shape index (κ3) is 2.82. The predicted molar refractivity (Wildman–Crippen MR) is 80.7 cm³/mol. The van der Waals surface area contributed by atoms with E-state index in [0.717, 1.165) is 32.5 Å². The zero-order valence-corrected chi connectivity index (χ0v) is 12.6. The number of amides is 1. The Morgan fingerprint density at radius 2 is 1.81 bits per heavy atom. The van der Waals surface area contributed by atoms with Gasteiger partial charge in [-0.05, 0) is 63.0 Å². The molecule has 2 saturated heterocycles. The highest BCUT2D eigenvalue weighted by Crippen LogP contribution is 2.30. The van der Waals surface area contributed by atoms with Crippen LogP contribution in [-0.4, -0.2) is 47.4 Å². The van der Waals surface area contributed by atoms with Gasteiger partial charge in [-0.25, -0.2) is 4.39 Å². The molecule has 0 saturated carbocycles. The number of hydrogen-bond acceptors (Lipinski definition) is 2. The molecule has 3 rings (SSSR count). The zero-order chi connectivity index (χ0) is 14.8. The van der Waals surface area contributed by atoms with Gasteiger partial charge in [0.05, 0.1) is 0 Å². The molecule has 114 valence electrons. The van der Waals surface area contributed by atoms with E-state index in [4.69, 9.17) is 0 Å². The van der Waals surface area contributed by atoms with E-state index in [1.54, 1.807) is 12.1 Å². The van der Waals surface area contributed by atoms with Gasteiger partial charge >= 0.3 is 0 Å². The van der Waals surface area contributed by atoms with Crippen molar-refractivity contribution in [3.8, 4) is 0 Å². The molecule has 1 aromatic rings. The Balaban J connectivity index is 1.77. The molecule has 1 amide bonds. The molecule has 4 heteroatoms. The Morgan fingerprint density at radius 3 is 2.52 bits per heavy atom. The average molecular weight is 290 g/mol. The van der Waals surface area contributed by atoms with Gasteiger partial charge in [-0.15, -0.1) is 0 Å². The second-order valence-corrected chi connectivity index (χ2v) is 6.05. The summed E-state index contributed by atoms with van der Waals surface area (Å²) in [4.78, 5) is 17.2. The molecular formula is C17H23FN2O. The maximum atomic E-state index is 13.0. The molecule has 0 aromatic heterocycles. The van der Waals surface area contributed by atoms with Crippen LogP contribution >= 0.6 is 0 Å². The minimum atomic E-state index is -0.294. The molecule has 2 aliphatic heterocycles. The van der Waals surface area contributed by atoms with Crippen molar-refractivity contribution < 1.29 is 9.18 Å². The van der Waals surface area contributed by atoms with Gasteiger partial charge in [0.1, 0.15) is 5.82 Å². The van der Waals surface area contributed by atoms with E-state index in [0.29, 0.717) is 17.6 Å². The maximum Gasteiger partial charge on any atom is 0.254 e. The van der Waals surface area contributed by atoms with Crippen molar-refractivity contribution in [3.05, 3.63) is 35.6 Å². The van der Waals surface area contributed by atoms with Crippen LogP contribution in [0.25, 0.3) is 0 Å². The molecule has 1 aromatic carbocycles. The van der Waals surface area contributed by atoms with Gasteiger partial charge in [-0.1, -0.05) is 6.92 Å². The first-order valence-corrected chi connectivity index (χ1v) is 8.01. The number of halogens is 1. The van der Waals surface area contributed by atoms with Crippen molar-refractivity contribution in [3.63, 3.8) is 0 Å². The minimum absolute atomic E-state index is 0.0560. The number of nitrogens with zero attached hydrogens (tertiary/aromatic N) is 2. The lowest BCUT2D eigenvalue weighted by atomic mass is 10.0. The lowest BCUT2D eigenvalue weighted by molar-refractivity contribution is 0.0650. The van der Waals surface area contributed by atoms with Crippen molar-refractivity contribution in [2.24, 2.45) is 0 Å². The lowest BCUT2D eigenvalue weighted by Gasteiger charge is -2.34. The highest BCUT2D eigenvalue weighted by molar-refractivity contribution is 5.94. The molecular weight excluding hydrogens is 267 g/mol. The average Bonchev–Trinajstić information content (AvgIpc) is 3.15. The maximum absolute atomic E-state index is 13.0. The molecule has 2 aliphatic rings. The van der Waals surface area contributed by atoms with Crippen LogP contribution in [0.3, 0.4) is 0 Å². The second-order valence-electron chi connectivity index (χ2n) is 6.05. The number of hydrogen-bond donors (Lipinski definition) is 0. The molecule has 0 spiro atoms. The van der Waals surface area contributed by atoms with Crippen LogP contribution in [0, 0.1) is 5.82 Å². The van der Waals surface area contributed by atoms with Gasteiger partial charge in [0.15, 0.2) is 0 Å². The second kappa shape index (κ2) is 6.14. The van der Waals surface area contributed by atoms with Crippen molar-refractivity contribution in [2.75, 3.05) is 19.6 Å². The smallest absolute Gasteiger partial charge is 0.254 e. The van der Waals surface area contributed by atoms with E-state index in [9.17, 15) is 9.18 Å². The molecule has 0 radical (unpaired) electrons.